The molecule has 0 aliphatic carbocycles. The fourth-order valence-corrected chi connectivity index (χ4v) is 3.49. The predicted octanol–water partition coefficient (Wildman–Crippen LogP) is 1.39. The van der Waals surface area contributed by atoms with Gasteiger partial charge in [0.25, 0.3) is 0 Å². The normalized spacial score (nSPS) is 17.6. The number of carbonyl (C=O) groups is 1. The average molecular weight is 543 g/mol. The molecule has 0 unspecified atom stereocenters. The summed E-state index contributed by atoms with van der Waals surface area (Å²) >= 11 is 0. The van der Waals surface area contributed by atoms with Gasteiger partial charge in [0.05, 0.1) is 0 Å². The molecule has 8 nitrogen and oxygen atoms in total. The minimum Gasteiger partial charge on any atom is -0.357 e. The van der Waals surface area contributed by atoms with E-state index in [1.165, 1.54) is 0 Å². The van der Waals surface area contributed by atoms with Crippen LogP contribution in [0.2, 0.25) is 0 Å². The number of aliphatic imine (C=N–C) groups is 1. The molecular formula is C15H29F3IN5O3S. The van der Waals surface area contributed by atoms with Crippen molar-refractivity contribution in [1.29, 1.82) is 0 Å². The van der Waals surface area contributed by atoms with E-state index in [0.29, 0.717) is 16.8 Å². The standard InChI is InChI=1S/C15H28F3N5O3S.HI/c1-5-19-13(20-10-12(24)22-14(2,3)4)21-11-6-8-23(9-7-11)27(25,26)15(16,17)18;/h11H,5-10H2,1-4H3,(H,22,24)(H2,19,20,21);1H. The Bertz CT molecular complexity index is 642. The van der Waals surface area contributed by atoms with E-state index in [2.05, 4.69) is 20.9 Å². The third-order valence-electron chi connectivity index (χ3n) is 3.67. The van der Waals surface area contributed by atoms with Gasteiger partial charge < -0.3 is 16.0 Å². The molecule has 0 aromatic carbocycles. The number of guanidine groups is 1. The topological polar surface area (TPSA) is 103 Å². The maximum atomic E-state index is 12.6. The van der Waals surface area contributed by atoms with Crippen molar-refractivity contribution in [2.24, 2.45) is 4.99 Å². The Balaban J connectivity index is 0.00000729. The molecule has 0 spiro atoms. The van der Waals surface area contributed by atoms with Crippen molar-refractivity contribution in [2.75, 3.05) is 26.2 Å². The molecule has 13 heteroatoms. The highest BCUT2D eigenvalue weighted by Gasteiger charge is 2.50. The van der Waals surface area contributed by atoms with E-state index in [1.807, 2.05) is 27.7 Å². The first-order valence-electron chi connectivity index (χ1n) is 8.68. The number of amides is 1. The molecule has 1 rings (SSSR count). The molecule has 166 valence electrons. The van der Waals surface area contributed by atoms with Crippen molar-refractivity contribution in [3.8, 4) is 0 Å². The number of halogens is 4. The minimum absolute atomic E-state index is 0. The summed E-state index contributed by atoms with van der Waals surface area (Å²) in [7, 11) is -5.29. The molecule has 0 radical (unpaired) electrons. The number of sulfonamides is 1. The molecule has 1 aliphatic heterocycles. The zero-order chi connectivity index (χ0) is 20.9. The van der Waals surface area contributed by atoms with E-state index < -0.39 is 15.5 Å². The van der Waals surface area contributed by atoms with Gasteiger partial charge in [-0.05, 0) is 40.5 Å². The molecule has 0 aromatic rings. The van der Waals surface area contributed by atoms with Gasteiger partial charge in [0.1, 0.15) is 6.54 Å². The lowest BCUT2D eigenvalue weighted by molar-refractivity contribution is -0.121. The number of alkyl halides is 3. The quantitative estimate of drug-likeness (QED) is 0.277. The zero-order valence-corrected chi connectivity index (χ0v) is 19.5. The highest BCUT2D eigenvalue weighted by Crippen LogP contribution is 2.28. The Morgan fingerprint density at radius 2 is 1.71 bits per heavy atom. The molecule has 0 aromatic heterocycles. The van der Waals surface area contributed by atoms with Gasteiger partial charge in [-0.3, -0.25) is 4.79 Å². The Kier molecular flexibility index (Phi) is 10.5. The van der Waals surface area contributed by atoms with Gasteiger partial charge in [-0.2, -0.15) is 17.5 Å². The van der Waals surface area contributed by atoms with Crippen molar-refractivity contribution >= 4 is 45.9 Å². The summed E-state index contributed by atoms with van der Waals surface area (Å²) in [6.45, 7) is 7.35. The molecule has 1 amide bonds. The van der Waals surface area contributed by atoms with Gasteiger partial charge in [-0.25, -0.2) is 13.4 Å². The molecular weight excluding hydrogens is 514 g/mol. The highest BCUT2D eigenvalue weighted by molar-refractivity contribution is 14.0. The third kappa shape index (κ3) is 8.68. The second kappa shape index (κ2) is 10.8. The van der Waals surface area contributed by atoms with Crippen molar-refractivity contribution in [1.82, 2.24) is 20.3 Å². The van der Waals surface area contributed by atoms with Crippen LogP contribution in [0.5, 0.6) is 0 Å². The molecule has 3 N–H and O–H groups in total. The maximum absolute atomic E-state index is 12.6. The molecule has 1 heterocycles. The number of hydrogen-bond acceptors (Lipinski definition) is 4. The summed E-state index contributed by atoms with van der Waals surface area (Å²) in [4.78, 5) is 16.0. The SMILES string of the molecule is CCNC(=NCC(=O)NC(C)(C)C)NC1CCN(S(=O)(=O)C(F)(F)F)CC1.I. The lowest BCUT2D eigenvalue weighted by Crippen LogP contribution is -2.52. The van der Waals surface area contributed by atoms with Crippen molar-refractivity contribution in [3.05, 3.63) is 0 Å². The van der Waals surface area contributed by atoms with Crippen LogP contribution in [0.15, 0.2) is 4.99 Å². The van der Waals surface area contributed by atoms with E-state index >= 15 is 0 Å². The van der Waals surface area contributed by atoms with Crippen LogP contribution in [-0.4, -0.2) is 67.9 Å². The predicted molar refractivity (Wildman–Crippen MR) is 112 cm³/mol. The summed E-state index contributed by atoms with van der Waals surface area (Å²) in [6, 6.07) is -0.242. The van der Waals surface area contributed by atoms with E-state index in [9.17, 15) is 26.4 Å². The van der Waals surface area contributed by atoms with Crippen molar-refractivity contribution < 1.29 is 26.4 Å². The molecule has 1 saturated heterocycles. The van der Waals surface area contributed by atoms with Crippen LogP contribution in [0.25, 0.3) is 0 Å². The van der Waals surface area contributed by atoms with E-state index in [4.69, 9.17) is 0 Å². The lowest BCUT2D eigenvalue weighted by Gasteiger charge is -2.32. The van der Waals surface area contributed by atoms with Crippen LogP contribution in [0.3, 0.4) is 0 Å². The van der Waals surface area contributed by atoms with Crippen LogP contribution in [0.1, 0.15) is 40.5 Å². The van der Waals surface area contributed by atoms with Gasteiger partial charge >= 0.3 is 15.5 Å². The molecule has 28 heavy (non-hydrogen) atoms. The Morgan fingerprint density at radius 3 is 2.14 bits per heavy atom. The summed E-state index contributed by atoms with van der Waals surface area (Å²) in [6.07, 6.45) is 0.405. The Morgan fingerprint density at radius 1 is 1.18 bits per heavy atom. The molecule has 0 atom stereocenters. The van der Waals surface area contributed by atoms with Gasteiger partial charge in [0.15, 0.2) is 5.96 Å². The summed E-state index contributed by atoms with van der Waals surface area (Å²) in [5.41, 5.74) is -5.67. The second-order valence-electron chi connectivity index (χ2n) is 7.26. The van der Waals surface area contributed by atoms with Crippen molar-refractivity contribution in [2.45, 2.75) is 57.6 Å². The monoisotopic (exact) mass is 543 g/mol. The number of rotatable bonds is 5. The zero-order valence-electron chi connectivity index (χ0n) is 16.4. The molecule has 0 bridgehead atoms. The van der Waals surface area contributed by atoms with Gasteiger partial charge in [0.2, 0.25) is 5.91 Å². The number of piperidine rings is 1. The lowest BCUT2D eigenvalue weighted by atomic mass is 10.1. The largest absolute Gasteiger partial charge is 0.511 e. The van der Waals surface area contributed by atoms with Gasteiger partial charge in [-0.1, -0.05) is 0 Å². The first-order chi connectivity index (χ1) is 12.3. The number of nitrogens with zero attached hydrogens (tertiary/aromatic N) is 2. The minimum atomic E-state index is -5.29. The summed E-state index contributed by atoms with van der Waals surface area (Å²) in [5.74, 6) is 0.101. The molecule has 1 aliphatic rings. The Labute approximate surface area is 181 Å². The molecule has 0 saturated carbocycles. The molecule has 1 fully saturated rings. The number of hydrogen-bond donors (Lipinski definition) is 3. The van der Waals surface area contributed by atoms with Crippen LogP contribution in [-0.2, 0) is 14.8 Å². The summed E-state index contributed by atoms with van der Waals surface area (Å²) < 4.78 is 61.1. The number of carbonyl (C=O) groups excluding carboxylic acids is 1. The maximum Gasteiger partial charge on any atom is 0.511 e. The number of nitrogens with one attached hydrogen (secondary N) is 3. The van der Waals surface area contributed by atoms with Crippen LogP contribution >= 0.6 is 24.0 Å². The Hall–Kier alpha value is -0.830. The van der Waals surface area contributed by atoms with Crippen LogP contribution in [0, 0.1) is 0 Å². The first kappa shape index (κ1) is 27.2. The van der Waals surface area contributed by atoms with E-state index in [1.54, 1.807) is 0 Å². The van der Waals surface area contributed by atoms with Crippen molar-refractivity contribution in [3.63, 3.8) is 0 Å². The first-order valence-corrected chi connectivity index (χ1v) is 10.1. The highest BCUT2D eigenvalue weighted by atomic mass is 127. The van der Waals surface area contributed by atoms with Gasteiger partial charge in [0, 0.05) is 31.2 Å². The smallest absolute Gasteiger partial charge is 0.357 e. The second-order valence-corrected chi connectivity index (χ2v) is 9.19. The van der Waals surface area contributed by atoms with E-state index in [-0.39, 0.29) is 73.9 Å². The third-order valence-corrected chi connectivity index (χ3v) is 5.30. The van der Waals surface area contributed by atoms with Crippen LogP contribution < -0.4 is 16.0 Å². The van der Waals surface area contributed by atoms with E-state index in [0.717, 1.165) is 0 Å². The fourth-order valence-electron chi connectivity index (χ4n) is 2.51. The summed E-state index contributed by atoms with van der Waals surface area (Å²) in [5, 5.41) is 8.78. The van der Waals surface area contributed by atoms with Gasteiger partial charge in [-0.15, -0.1) is 24.0 Å². The average Bonchev–Trinajstić information content (AvgIpc) is 2.50. The fraction of sp³-hybridized carbons (Fsp3) is 0.867. The van der Waals surface area contributed by atoms with Crippen LogP contribution in [0.4, 0.5) is 13.2 Å².